The van der Waals surface area contributed by atoms with Crippen molar-refractivity contribution in [3.05, 3.63) is 10.9 Å². The Hall–Kier alpha value is -1.41. The van der Waals surface area contributed by atoms with Crippen molar-refractivity contribution >= 4 is 43.2 Å². The van der Waals surface area contributed by atoms with E-state index in [1.165, 1.54) is 4.88 Å². The summed E-state index contributed by atoms with van der Waals surface area (Å²) in [7, 11) is -2.95. The summed E-state index contributed by atoms with van der Waals surface area (Å²) in [6.45, 7) is 2.46. The molecule has 3 N–H and O–H groups in total. The van der Waals surface area contributed by atoms with Crippen molar-refractivity contribution in [2.24, 2.45) is 0 Å². The number of nitrogens with two attached hydrogens (primary N) is 1. The Morgan fingerprint density at radius 1 is 1.48 bits per heavy atom. The molecule has 21 heavy (non-hydrogen) atoms. The number of aryl methyl sites for hydroxylation is 1. The third-order valence-corrected chi connectivity index (χ3v) is 7.22. The number of nitrogens with zero attached hydrogens (tertiary/aromatic N) is 2. The number of fused-ring (bicyclic) bond motifs is 1. The van der Waals surface area contributed by atoms with Crippen molar-refractivity contribution in [1.82, 2.24) is 9.97 Å². The maximum atomic E-state index is 11.9. The van der Waals surface area contributed by atoms with Crippen LogP contribution in [0, 0.1) is 0 Å². The molecular formula is C13H18N4O2S2. The van der Waals surface area contributed by atoms with E-state index in [4.69, 9.17) is 5.73 Å². The molecule has 0 bridgehead atoms. The van der Waals surface area contributed by atoms with Crippen LogP contribution in [0.2, 0.25) is 0 Å². The van der Waals surface area contributed by atoms with Crippen molar-refractivity contribution in [3.8, 4) is 0 Å². The van der Waals surface area contributed by atoms with Gasteiger partial charge in [-0.25, -0.2) is 13.4 Å². The molecule has 1 unspecified atom stereocenters. The van der Waals surface area contributed by atoms with Crippen LogP contribution < -0.4 is 11.1 Å². The molecule has 2 aromatic heterocycles. The van der Waals surface area contributed by atoms with Crippen LogP contribution in [0.3, 0.4) is 0 Å². The first-order valence-corrected chi connectivity index (χ1v) is 9.54. The molecule has 1 atom stereocenters. The molecular weight excluding hydrogens is 308 g/mol. The minimum absolute atomic E-state index is 0.212. The number of thiophene rings is 1. The van der Waals surface area contributed by atoms with Gasteiger partial charge in [0.2, 0.25) is 5.95 Å². The molecule has 0 spiro atoms. The average Bonchev–Trinajstić information content (AvgIpc) is 2.98. The molecule has 114 valence electrons. The van der Waals surface area contributed by atoms with E-state index in [0.717, 1.165) is 23.1 Å². The van der Waals surface area contributed by atoms with Crippen LogP contribution in [0.5, 0.6) is 0 Å². The van der Waals surface area contributed by atoms with E-state index in [2.05, 4.69) is 22.2 Å². The van der Waals surface area contributed by atoms with Gasteiger partial charge < -0.3 is 11.1 Å². The minimum Gasteiger partial charge on any atom is -0.368 e. The van der Waals surface area contributed by atoms with Gasteiger partial charge in [0, 0.05) is 11.4 Å². The van der Waals surface area contributed by atoms with Crippen molar-refractivity contribution in [2.45, 2.75) is 31.4 Å². The molecule has 3 heterocycles. The summed E-state index contributed by atoms with van der Waals surface area (Å²) in [6, 6.07) is 2.05. The standard InChI is InChI=1S/C13H18N4O2S2/c1-2-8-6-10-11(16-13(14)17-12(10)20-8)15-7-9-4-3-5-21(9,18)19/h6,9H,2-5,7H2,1H3,(H3,14,15,16,17). The first-order chi connectivity index (χ1) is 9.99. The second-order valence-corrected chi connectivity index (χ2v) is 8.74. The first-order valence-electron chi connectivity index (χ1n) is 7.01. The Bertz CT molecular complexity index is 770. The highest BCUT2D eigenvalue weighted by Crippen LogP contribution is 2.30. The molecule has 6 nitrogen and oxygen atoms in total. The van der Waals surface area contributed by atoms with Crippen molar-refractivity contribution in [3.63, 3.8) is 0 Å². The Labute approximate surface area is 127 Å². The quantitative estimate of drug-likeness (QED) is 0.889. The lowest BCUT2D eigenvalue weighted by atomic mass is 10.2. The van der Waals surface area contributed by atoms with Gasteiger partial charge >= 0.3 is 0 Å². The molecule has 1 aliphatic heterocycles. The monoisotopic (exact) mass is 326 g/mol. The predicted molar refractivity (Wildman–Crippen MR) is 86.5 cm³/mol. The van der Waals surface area contributed by atoms with Gasteiger partial charge in [-0.05, 0) is 25.3 Å². The van der Waals surface area contributed by atoms with Crippen molar-refractivity contribution in [2.75, 3.05) is 23.3 Å². The smallest absolute Gasteiger partial charge is 0.223 e. The molecule has 0 amide bonds. The normalized spacial score (nSPS) is 20.9. The van der Waals surface area contributed by atoms with Gasteiger partial charge in [-0.15, -0.1) is 11.3 Å². The highest BCUT2D eigenvalue weighted by Gasteiger charge is 2.31. The minimum atomic E-state index is -2.95. The molecule has 8 heteroatoms. The molecule has 0 radical (unpaired) electrons. The lowest BCUT2D eigenvalue weighted by Gasteiger charge is -2.12. The average molecular weight is 326 g/mol. The summed E-state index contributed by atoms with van der Waals surface area (Å²) in [6.07, 6.45) is 2.38. The molecule has 0 aromatic carbocycles. The van der Waals surface area contributed by atoms with Crippen molar-refractivity contribution in [1.29, 1.82) is 0 Å². The highest BCUT2D eigenvalue weighted by molar-refractivity contribution is 7.92. The van der Waals surface area contributed by atoms with Crippen LogP contribution in [-0.4, -0.2) is 35.9 Å². The van der Waals surface area contributed by atoms with Gasteiger partial charge in [-0.1, -0.05) is 6.92 Å². The maximum absolute atomic E-state index is 11.9. The predicted octanol–water partition coefficient (Wildman–Crippen LogP) is 1.82. The van der Waals surface area contributed by atoms with Crippen LogP contribution >= 0.6 is 11.3 Å². The Balaban J connectivity index is 1.88. The van der Waals surface area contributed by atoms with E-state index in [1.807, 2.05) is 6.07 Å². The third-order valence-electron chi connectivity index (χ3n) is 3.77. The van der Waals surface area contributed by atoms with E-state index in [0.29, 0.717) is 24.5 Å². The molecule has 1 aliphatic rings. The fourth-order valence-corrected chi connectivity index (χ4v) is 5.33. The van der Waals surface area contributed by atoms with Crippen LogP contribution in [0.4, 0.5) is 11.8 Å². The van der Waals surface area contributed by atoms with E-state index >= 15 is 0 Å². The van der Waals surface area contributed by atoms with Crippen LogP contribution in [0.15, 0.2) is 6.07 Å². The second-order valence-electron chi connectivity index (χ2n) is 5.23. The number of anilines is 2. The lowest BCUT2D eigenvalue weighted by Crippen LogP contribution is -2.25. The number of nitrogen functional groups attached to an aromatic ring is 1. The van der Waals surface area contributed by atoms with Gasteiger partial charge in [-0.2, -0.15) is 4.98 Å². The summed E-state index contributed by atoms with van der Waals surface area (Å²) in [5.41, 5.74) is 5.74. The number of rotatable bonds is 4. The maximum Gasteiger partial charge on any atom is 0.223 e. The molecule has 1 fully saturated rings. The van der Waals surface area contributed by atoms with Gasteiger partial charge in [0.15, 0.2) is 9.84 Å². The molecule has 0 aliphatic carbocycles. The SMILES string of the molecule is CCc1cc2c(NCC3CCCS3(=O)=O)nc(N)nc2s1. The summed E-state index contributed by atoms with van der Waals surface area (Å²) < 4.78 is 23.7. The van der Waals surface area contributed by atoms with Gasteiger partial charge in [0.25, 0.3) is 0 Å². The zero-order valence-electron chi connectivity index (χ0n) is 11.8. The fourth-order valence-electron chi connectivity index (χ4n) is 2.59. The van der Waals surface area contributed by atoms with Gasteiger partial charge in [-0.3, -0.25) is 0 Å². The first kappa shape index (κ1) is 14.5. The van der Waals surface area contributed by atoms with E-state index in [-0.39, 0.29) is 11.2 Å². The number of hydrogen-bond donors (Lipinski definition) is 2. The van der Waals surface area contributed by atoms with E-state index < -0.39 is 9.84 Å². The van der Waals surface area contributed by atoms with Crippen LogP contribution in [-0.2, 0) is 16.3 Å². The summed E-state index contributed by atoms with van der Waals surface area (Å²) >= 11 is 1.59. The zero-order chi connectivity index (χ0) is 15.0. The number of aromatic nitrogens is 2. The number of sulfone groups is 1. The Morgan fingerprint density at radius 3 is 2.95 bits per heavy atom. The van der Waals surface area contributed by atoms with Gasteiger partial charge in [0.1, 0.15) is 10.6 Å². The molecule has 1 saturated heterocycles. The largest absolute Gasteiger partial charge is 0.368 e. The summed E-state index contributed by atoms with van der Waals surface area (Å²) in [5.74, 6) is 1.14. The Kier molecular flexibility index (Phi) is 3.75. The third kappa shape index (κ3) is 2.82. The highest BCUT2D eigenvalue weighted by atomic mass is 32.2. The lowest BCUT2D eigenvalue weighted by molar-refractivity contribution is 0.591. The fraction of sp³-hybridized carbons (Fsp3) is 0.538. The number of nitrogens with one attached hydrogen (secondary N) is 1. The summed E-state index contributed by atoms with van der Waals surface area (Å²) in [5, 5.41) is 3.75. The van der Waals surface area contributed by atoms with Crippen molar-refractivity contribution < 1.29 is 8.42 Å². The molecule has 2 aromatic rings. The van der Waals surface area contributed by atoms with E-state index in [9.17, 15) is 8.42 Å². The number of hydrogen-bond acceptors (Lipinski definition) is 7. The molecule has 3 rings (SSSR count). The van der Waals surface area contributed by atoms with E-state index in [1.54, 1.807) is 11.3 Å². The van der Waals surface area contributed by atoms with Gasteiger partial charge in [0.05, 0.1) is 16.4 Å². The topological polar surface area (TPSA) is 98.0 Å². The second kappa shape index (κ2) is 5.42. The molecule has 0 saturated carbocycles. The van der Waals surface area contributed by atoms with Crippen LogP contribution in [0.25, 0.3) is 10.2 Å². The summed E-state index contributed by atoms with van der Waals surface area (Å²) in [4.78, 5) is 10.5. The van der Waals surface area contributed by atoms with Crippen LogP contribution in [0.1, 0.15) is 24.6 Å². The zero-order valence-corrected chi connectivity index (χ0v) is 13.4. The Morgan fingerprint density at radius 2 is 2.29 bits per heavy atom.